The second kappa shape index (κ2) is 8.68. The quantitative estimate of drug-likeness (QED) is 0.383. The number of aryl methyl sites for hydroxylation is 1. The number of ketones is 1. The largest absolute Gasteiger partial charge is 0.478 e. The van der Waals surface area contributed by atoms with Crippen LogP contribution in [0.25, 0.3) is 0 Å². The molecule has 0 bridgehead atoms. The minimum Gasteiger partial charge on any atom is -0.478 e. The van der Waals surface area contributed by atoms with Crippen LogP contribution in [0.4, 0.5) is 5.69 Å². The van der Waals surface area contributed by atoms with Crippen molar-refractivity contribution in [3.8, 4) is 5.75 Å². The third-order valence-electron chi connectivity index (χ3n) is 4.47. The van der Waals surface area contributed by atoms with E-state index < -0.39 is 27.2 Å². The van der Waals surface area contributed by atoms with Gasteiger partial charge in [-0.05, 0) is 19.1 Å². The number of carbonyl (C=O) groups is 1. The van der Waals surface area contributed by atoms with Gasteiger partial charge in [0, 0.05) is 24.7 Å². The molecule has 1 fully saturated rings. The van der Waals surface area contributed by atoms with E-state index in [1.165, 1.54) is 16.4 Å². The van der Waals surface area contributed by atoms with E-state index in [0.29, 0.717) is 5.56 Å². The summed E-state index contributed by atoms with van der Waals surface area (Å²) in [7, 11) is -3.89. The van der Waals surface area contributed by atoms with Crippen molar-refractivity contribution in [1.82, 2.24) is 4.31 Å². The van der Waals surface area contributed by atoms with Crippen molar-refractivity contribution in [2.45, 2.75) is 11.8 Å². The van der Waals surface area contributed by atoms with E-state index in [-0.39, 0.29) is 42.7 Å². The number of nitro benzene ring substituents is 1. The van der Waals surface area contributed by atoms with Crippen LogP contribution in [0.15, 0.2) is 47.4 Å². The first-order valence-electron chi connectivity index (χ1n) is 8.88. The normalized spacial score (nSPS) is 15.1. The molecule has 3 rings (SSSR count). The van der Waals surface area contributed by atoms with Gasteiger partial charge in [0.2, 0.25) is 10.0 Å². The number of nitrogens with zero attached hydrogens (tertiary/aromatic N) is 2. The van der Waals surface area contributed by atoms with Gasteiger partial charge in [0.25, 0.3) is 0 Å². The maximum atomic E-state index is 12.7. The zero-order valence-electron chi connectivity index (χ0n) is 15.7. The van der Waals surface area contributed by atoms with Gasteiger partial charge in [-0.15, -0.1) is 0 Å². The van der Waals surface area contributed by atoms with Crippen LogP contribution >= 0.6 is 0 Å². The van der Waals surface area contributed by atoms with Gasteiger partial charge in [0.15, 0.2) is 18.1 Å². The summed E-state index contributed by atoms with van der Waals surface area (Å²) < 4.78 is 37.1. The highest BCUT2D eigenvalue weighted by atomic mass is 32.2. The molecule has 10 heteroatoms. The van der Waals surface area contributed by atoms with Gasteiger partial charge in [0.1, 0.15) is 0 Å². The molecule has 0 amide bonds. The molecule has 2 aromatic carbocycles. The molecule has 154 valence electrons. The van der Waals surface area contributed by atoms with Crippen molar-refractivity contribution in [2.24, 2.45) is 0 Å². The highest BCUT2D eigenvalue weighted by molar-refractivity contribution is 7.89. The zero-order valence-corrected chi connectivity index (χ0v) is 16.6. The molecule has 0 unspecified atom stereocenters. The lowest BCUT2D eigenvalue weighted by Gasteiger charge is -2.26. The fourth-order valence-electron chi connectivity index (χ4n) is 2.82. The number of benzene rings is 2. The van der Waals surface area contributed by atoms with Crippen molar-refractivity contribution < 1.29 is 27.6 Å². The Morgan fingerprint density at radius 3 is 2.45 bits per heavy atom. The Labute approximate surface area is 168 Å². The summed E-state index contributed by atoms with van der Waals surface area (Å²) in [4.78, 5) is 22.7. The highest BCUT2D eigenvalue weighted by Gasteiger charge is 2.29. The molecule has 0 saturated carbocycles. The van der Waals surface area contributed by atoms with Crippen molar-refractivity contribution in [1.29, 1.82) is 0 Å². The zero-order chi connectivity index (χ0) is 21.0. The Kier molecular flexibility index (Phi) is 6.26. The Hall–Kier alpha value is -2.82. The maximum Gasteiger partial charge on any atom is 0.312 e. The number of carbonyl (C=O) groups excluding carboxylic acids is 1. The van der Waals surface area contributed by atoms with Crippen LogP contribution in [0, 0.1) is 17.0 Å². The van der Waals surface area contributed by atoms with Gasteiger partial charge in [-0.1, -0.05) is 29.8 Å². The number of ether oxygens (including phenoxy) is 2. The van der Waals surface area contributed by atoms with Gasteiger partial charge in [0.05, 0.1) is 23.0 Å². The Morgan fingerprint density at radius 1 is 1.17 bits per heavy atom. The lowest BCUT2D eigenvalue weighted by atomic mass is 10.1. The summed E-state index contributed by atoms with van der Waals surface area (Å²) in [6.45, 7) is 2.38. The monoisotopic (exact) mass is 420 g/mol. The minimum absolute atomic E-state index is 0.170. The first-order valence-corrected chi connectivity index (χ1v) is 10.3. The smallest absolute Gasteiger partial charge is 0.312 e. The van der Waals surface area contributed by atoms with Crippen LogP contribution in [0.5, 0.6) is 5.75 Å². The minimum atomic E-state index is -3.89. The third kappa shape index (κ3) is 4.78. The fourth-order valence-corrected chi connectivity index (χ4v) is 4.25. The van der Waals surface area contributed by atoms with E-state index in [2.05, 4.69) is 0 Å². The molecule has 0 atom stereocenters. The Balaban J connectivity index is 1.80. The van der Waals surface area contributed by atoms with E-state index in [9.17, 15) is 23.3 Å². The van der Waals surface area contributed by atoms with Gasteiger partial charge in [-0.25, -0.2) is 8.42 Å². The predicted octanol–water partition coefficient (Wildman–Crippen LogP) is 2.19. The molecule has 0 aromatic heterocycles. The topological polar surface area (TPSA) is 116 Å². The standard InChI is InChI=1S/C19H20N2O7S/c1-14-2-4-15(5-3-14)18(22)13-28-19-7-6-16(12-17(19)21(23)24)29(25,26)20-8-10-27-11-9-20/h2-7,12H,8-11,13H2,1H3. The average Bonchev–Trinajstić information content (AvgIpc) is 2.73. The molecule has 0 N–H and O–H groups in total. The summed E-state index contributed by atoms with van der Waals surface area (Å²) in [5.74, 6) is -0.513. The number of nitro groups is 1. The predicted molar refractivity (Wildman–Crippen MR) is 104 cm³/mol. The molecule has 29 heavy (non-hydrogen) atoms. The third-order valence-corrected chi connectivity index (χ3v) is 6.36. The molecule has 1 aliphatic heterocycles. The van der Waals surface area contributed by atoms with Gasteiger partial charge in [-0.2, -0.15) is 4.31 Å². The molecule has 9 nitrogen and oxygen atoms in total. The number of morpholine rings is 1. The lowest BCUT2D eigenvalue weighted by molar-refractivity contribution is -0.386. The Morgan fingerprint density at radius 2 is 1.83 bits per heavy atom. The highest BCUT2D eigenvalue weighted by Crippen LogP contribution is 2.31. The molecule has 0 spiro atoms. The second-order valence-corrected chi connectivity index (χ2v) is 8.42. The van der Waals surface area contributed by atoms with E-state index in [0.717, 1.165) is 11.6 Å². The lowest BCUT2D eigenvalue weighted by Crippen LogP contribution is -2.40. The van der Waals surface area contributed by atoms with Crippen molar-refractivity contribution >= 4 is 21.5 Å². The van der Waals surface area contributed by atoms with Crippen LogP contribution in [0.3, 0.4) is 0 Å². The van der Waals surface area contributed by atoms with Crippen LogP contribution < -0.4 is 4.74 Å². The Bertz CT molecular complexity index is 1010. The summed E-state index contributed by atoms with van der Waals surface area (Å²) in [5, 5.41) is 11.4. The van der Waals surface area contributed by atoms with Crippen LogP contribution in [0.2, 0.25) is 0 Å². The molecule has 0 radical (unpaired) electrons. The number of hydrogen-bond donors (Lipinski definition) is 0. The van der Waals surface area contributed by atoms with Crippen molar-refractivity contribution in [2.75, 3.05) is 32.9 Å². The SMILES string of the molecule is Cc1ccc(C(=O)COc2ccc(S(=O)(=O)N3CCOCC3)cc2[N+](=O)[O-])cc1. The maximum absolute atomic E-state index is 12.7. The number of rotatable bonds is 7. The van der Waals surface area contributed by atoms with E-state index in [4.69, 9.17) is 9.47 Å². The molecule has 2 aromatic rings. The molecular formula is C19H20N2O7S. The van der Waals surface area contributed by atoms with E-state index in [1.54, 1.807) is 24.3 Å². The molecule has 1 aliphatic rings. The van der Waals surface area contributed by atoms with Crippen LogP contribution in [-0.2, 0) is 14.8 Å². The molecular weight excluding hydrogens is 400 g/mol. The molecule has 0 aliphatic carbocycles. The summed E-state index contributed by atoms with van der Waals surface area (Å²) in [6, 6.07) is 10.2. The van der Waals surface area contributed by atoms with Crippen molar-refractivity contribution in [3.05, 3.63) is 63.7 Å². The second-order valence-electron chi connectivity index (χ2n) is 6.48. The number of sulfonamides is 1. The van der Waals surface area contributed by atoms with E-state index >= 15 is 0 Å². The number of Topliss-reactive ketones (excluding diaryl/α,β-unsaturated/α-hetero) is 1. The van der Waals surface area contributed by atoms with Gasteiger partial charge < -0.3 is 9.47 Å². The number of hydrogen-bond acceptors (Lipinski definition) is 7. The van der Waals surface area contributed by atoms with Crippen molar-refractivity contribution in [3.63, 3.8) is 0 Å². The van der Waals surface area contributed by atoms with Gasteiger partial charge >= 0.3 is 5.69 Å². The van der Waals surface area contributed by atoms with E-state index in [1.807, 2.05) is 6.92 Å². The van der Waals surface area contributed by atoms with Crippen LogP contribution in [-0.4, -0.2) is 56.3 Å². The summed E-state index contributed by atoms with van der Waals surface area (Å²) in [6.07, 6.45) is 0. The fraction of sp³-hybridized carbons (Fsp3) is 0.316. The van der Waals surface area contributed by atoms with Gasteiger partial charge in [-0.3, -0.25) is 14.9 Å². The average molecular weight is 420 g/mol. The molecule has 1 heterocycles. The summed E-state index contributed by atoms with van der Waals surface area (Å²) in [5.41, 5.74) is 0.899. The molecule has 1 saturated heterocycles. The summed E-state index contributed by atoms with van der Waals surface area (Å²) >= 11 is 0. The first kappa shape index (κ1) is 20.9. The first-order chi connectivity index (χ1) is 13.8. The van der Waals surface area contributed by atoms with Crippen LogP contribution in [0.1, 0.15) is 15.9 Å².